The van der Waals surface area contributed by atoms with Crippen LogP contribution in [0.4, 0.5) is 0 Å². The number of nitrogens with one attached hydrogen (secondary N) is 1. The van der Waals surface area contributed by atoms with Crippen LogP contribution in [0.25, 0.3) is 0 Å². The summed E-state index contributed by atoms with van der Waals surface area (Å²) in [5, 5.41) is 3.03. The summed E-state index contributed by atoms with van der Waals surface area (Å²) < 4.78 is 0. The third kappa shape index (κ3) is 4.30. The largest absolute Gasteiger partial charge is 0.353 e. The minimum Gasteiger partial charge on any atom is -0.353 e. The molecule has 0 heterocycles. The van der Waals surface area contributed by atoms with E-state index in [-0.39, 0.29) is 11.3 Å². The Morgan fingerprint density at radius 2 is 1.92 bits per heavy atom. The van der Waals surface area contributed by atoms with E-state index in [0.29, 0.717) is 6.04 Å². The maximum atomic E-state index is 11.7. The molecule has 0 saturated carbocycles. The van der Waals surface area contributed by atoms with Crippen LogP contribution in [0.5, 0.6) is 0 Å². The Balaban J connectivity index is 3.99. The lowest BCUT2D eigenvalue weighted by molar-refractivity contribution is -0.130. The molecule has 0 radical (unpaired) electrons. The molecule has 0 fully saturated rings. The van der Waals surface area contributed by atoms with Crippen LogP contribution in [-0.2, 0) is 4.79 Å². The van der Waals surface area contributed by atoms with E-state index in [1.165, 1.54) is 0 Å². The molecule has 1 amide bonds. The van der Waals surface area contributed by atoms with E-state index < -0.39 is 0 Å². The van der Waals surface area contributed by atoms with Crippen molar-refractivity contribution in [3.8, 4) is 0 Å². The summed E-state index contributed by atoms with van der Waals surface area (Å²) in [6.45, 7) is 10.2. The van der Waals surface area contributed by atoms with Crippen LogP contribution in [0, 0.1) is 5.41 Å². The van der Waals surface area contributed by atoms with E-state index in [0.717, 1.165) is 19.3 Å². The van der Waals surface area contributed by atoms with Gasteiger partial charge in [0.05, 0.1) is 0 Å². The third-order valence-electron chi connectivity index (χ3n) is 2.60. The summed E-state index contributed by atoms with van der Waals surface area (Å²) in [7, 11) is 0. The van der Waals surface area contributed by atoms with Gasteiger partial charge in [-0.25, -0.2) is 0 Å². The second kappa shape index (κ2) is 5.25. The van der Waals surface area contributed by atoms with Gasteiger partial charge in [-0.1, -0.05) is 34.1 Å². The summed E-state index contributed by atoms with van der Waals surface area (Å²) >= 11 is 0. The molecule has 0 aliphatic carbocycles. The second-order valence-electron chi connectivity index (χ2n) is 4.40. The van der Waals surface area contributed by atoms with E-state index in [4.69, 9.17) is 0 Å². The van der Waals surface area contributed by atoms with Gasteiger partial charge in [-0.3, -0.25) is 4.79 Å². The molecule has 0 saturated heterocycles. The van der Waals surface area contributed by atoms with Gasteiger partial charge in [0.15, 0.2) is 0 Å². The zero-order chi connectivity index (χ0) is 10.5. The highest BCUT2D eigenvalue weighted by atomic mass is 16.2. The minimum absolute atomic E-state index is 0.177. The molecule has 2 heteroatoms. The Morgan fingerprint density at radius 3 is 2.31 bits per heavy atom. The van der Waals surface area contributed by atoms with E-state index in [9.17, 15) is 4.79 Å². The fraction of sp³-hybridized carbons (Fsp3) is 0.909. The van der Waals surface area contributed by atoms with Crippen LogP contribution in [0.2, 0.25) is 0 Å². The zero-order valence-corrected chi connectivity index (χ0v) is 9.61. The summed E-state index contributed by atoms with van der Waals surface area (Å²) in [6, 6.07) is 0.309. The van der Waals surface area contributed by atoms with Crippen LogP contribution in [0.15, 0.2) is 0 Å². The maximum Gasteiger partial charge on any atom is 0.225 e. The van der Waals surface area contributed by atoms with Crippen molar-refractivity contribution in [1.82, 2.24) is 5.32 Å². The SMILES string of the molecule is CCC[C@@H](C)NC(=O)C(C)(C)CC. The third-order valence-corrected chi connectivity index (χ3v) is 2.60. The van der Waals surface area contributed by atoms with Crippen LogP contribution < -0.4 is 5.32 Å². The molecule has 0 aliphatic heterocycles. The van der Waals surface area contributed by atoms with Crippen molar-refractivity contribution in [2.75, 3.05) is 0 Å². The predicted octanol–water partition coefficient (Wildman–Crippen LogP) is 2.73. The summed E-state index contributed by atoms with van der Waals surface area (Å²) in [6.07, 6.45) is 3.07. The Bertz CT molecular complexity index is 163. The van der Waals surface area contributed by atoms with Gasteiger partial charge in [-0.05, 0) is 19.8 Å². The van der Waals surface area contributed by atoms with Gasteiger partial charge in [0.25, 0.3) is 0 Å². The lowest BCUT2D eigenvalue weighted by Gasteiger charge is -2.24. The average molecular weight is 185 g/mol. The van der Waals surface area contributed by atoms with Crippen molar-refractivity contribution < 1.29 is 4.79 Å². The Hall–Kier alpha value is -0.530. The fourth-order valence-corrected chi connectivity index (χ4v) is 1.08. The predicted molar refractivity (Wildman–Crippen MR) is 56.6 cm³/mol. The monoisotopic (exact) mass is 185 g/mol. The first-order valence-corrected chi connectivity index (χ1v) is 5.25. The molecule has 13 heavy (non-hydrogen) atoms. The number of amides is 1. The van der Waals surface area contributed by atoms with Crippen LogP contribution in [-0.4, -0.2) is 11.9 Å². The highest BCUT2D eigenvalue weighted by Crippen LogP contribution is 2.19. The molecule has 0 spiro atoms. The summed E-state index contributed by atoms with van der Waals surface area (Å²) in [5.74, 6) is 0.177. The van der Waals surface area contributed by atoms with Crippen LogP contribution in [0.3, 0.4) is 0 Å². The second-order valence-corrected chi connectivity index (χ2v) is 4.40. The molecule has 0 rings (SSSR count). The molecular weight excluding hydrogens is 162 g/mol. The maximum absolute atomic E-state index is 11.7. The number of hydrogen-bond acceptors (Lipinski definition) is 1. The van der Waals surface area contributed by atoms with Gasteiger partial charge in [-0.2, -0.15) is 0 Å². The first kappa shape index (κ1) is 12.5. The molecule has 1 N–H and O–H groups in total. The van der Waals surface area contributed by atoms with Gasteiger partial charge < -0.3 is 5.32 Å². The molecule has 1 atom stereocenters. The highest BCUT2D eigenvalue weighted by molar-refractivity contribution is 5.81. The Kier molecular flexibility index (Phi) is 5.04. The first-order chi connectivity index (χ1) is 5.94. The minimum atomic E-state index is -0.220. The molecule has 0 aliphatic rings. The fourth-order valence-electron chi connectivity index (χ4n) is 1.08. The molecule has 78 valence electrons. The Labute approximate surface area is 82.1 Å². The lowest BCUT2D eigenvalue weighted by Crippen LogP contribution is -2.41. The molecule has 0 unspecified atom stereocenters. The molecule has 0 aromatic carbocycles. The van der Waals surface area contributed by atoms with Crippen molar-refractivity contribution in [2.45, 2.75) is 59.9 Å². The smallest absolute Gasteiger partial charge is 0.225 e. The van der Waals surface area contributed by atoms with Crippen molar-refractivity contribution in [2.24, 2.45) is 5.41 Å². The Morgan fingerprint density at radius 1 is 1.38 bits per heavy atom. The van der Waals surface area contributed by atoms with Gasteiger partial charge in [0.1, 0.15) is 0 Å². The van der Waals surface area contributed by atoms with Gasteiger partial charge >= 0.3 is 0 Å². The van der Waals surface area contributed by atoms with Gasteiger partial charge in [0.2, 0.25) is 5.91 Å². The topological polar surface area (TPSA) is 29.1 Å². The molecule has 0 aromatic rings. The van der Waals surface area contributed by atoms with E-state index >= 15 is 0 Å². The highest BCUT2D eigenvalue weighted by Gasteiger charge is 2.25. The molecular formula is C11H23NO. The van der Waals surface area contributed by atoms with Crippen molar-refractivity contribution in [1.29, 1.82) is 0 Å². The first-order valence-electron chi connectivity index (χ1n) is 5.25. The van der Waals surface area contributed by atoms with Gasteiger partial charge in [0, 0.05) is 11.5 Å². The number of carbonyl (C=O) groups excluding carboxylic acids is 1. The quantitative estimate of drug-likeness (QED) is 0.701. The average Bonchev–Trinajstić information content (AvgIpc) is 2.04. The van der Waals surface area contributed by atoms with Crippen molar-refractivity contribution in [3.05, 3.63) is 0 Å². The van der Waals surface area contributed by atoms with Crippen LogP contribution >= 0.6 is 0 Å². The van der Waals surface area contributed by atoms with Crippen molar-refractivity contribution >= 4 is 5.91 Å². The standard InChI is InChI=1S/C11H23NO/c1-6-8-9(3)12-10(13)11(4,5)7-2/h9H,6-8H2,1-5H3,(H,12,13)/t9-/m1/s1. The summed E-state index contributed by atoms with van der Waals surface area (Å²) in [5.41, 5.74) is -0.220. The number of hydrogen-bond donors (Lipinski definition) is 1. The molecule has 0 bridgehead atoms. The van der Waals surface area contributed by atoms with E-state index in [1.54, 1.807) is 0 Å². The number of carbonyl (C=O) groups is 1. The normalized spacial score (nSPS) is 13.9. The number of rotatable bonds is 5. The lowest BCUT2D eigenvalue weighted by atomic mass is 9.89. The van der Waals surface area contributed by atoms with Crippen LogP contribution in [0.1, 0.15) is 53.9 Å². The van der Waals surface area contributed by atoms with Gasteiger partial charge in [-0.15, -0.1) is 0 Å². The van der Waals surface area contributed by atoms with E-state index in [2.05, 4.69) is 19.2 Å². The molecule has 0 aromatic heterocycles. The van der Waals surface area contributed by atoms with Crippen molar-refractivity contribution in [3.63, 3.8) is 0 Å². The molecule has 2 nitrogen and oxygen atoms in total. The zero-order valence-electron chi connectivity index (χ0n) is 9.61. The van der Waals surface area contributed by atoms with E-state index in [1.807, 2.05) is 20.8 Å². The summed E-state index contributed by atoms with van der Waals surface area (Å²) in [4.78, 5) is 11.7.